The molecule has 20 heavy (non-hydrogen) atoms. The normalized spacial score (nSPS) is 11.3. The van der Waals surface area contributed by atoms with Gasteiger partial charge in [0.1, 0.15) is 0 Å². The van der Waals surface area contributed by atoms with Gasteiger partial charge in [-0.3, -0.25) is 4.72 Å². The van der Waals surface area contributed by atoms with Crippen molar-refractivity contribution >= 4 is 44.6 Å². The van der Waals surface area contributed by atoms with Gasteiger partial charge in [0, 0.05) is 0 Å². The number of sulfonamides is 1. The fraction of sp³-hybridized carbons (Fsp3) is 0.0909. The summed E-state index contributed by atoms with van der Waals surface area (Å²) in [6.07, 6.45) is 0. The second kappa shape index (κ2) is 5.39. The van der Waals surface area contributed by atoms with Crippen LogP contribution in [0, 0.1) is 6.92 Å². The van der Waals surface area contributed by atoms with Crippen LogP contribution in [0.15, 0.2) is 27.9 Å². The van der Waals surface area contributed by atoms with Gasteiger partial charge in [-0.25, -0.2) is 18.2 Å². The quantitative estimate of drug-likeness (QED) is 0.897. The number of rotatable bonds is 4. The molecule has 0 aliphatic carbocycles. The number of benzene rings is 1. The van der Waals surface area contributed by atoms with Crippen molar-refractivity contribution in [2.24, 2.45) is 0 Å². The highest BCUT2D eigenvalue weighted by Crippen LogP contribution is 2.28. The van der Waals surface area contributed by atoms with Crippen molar-refractivity contribution in [1.29, 1.82) is 0 Å². The second-order valence-electron chi connectivity index (χ2n) is 3.88. The monoisotopic (exact) mass is 332 g/mol. The van der Waals surface area contributed by atoms with Gasteiger partial charge in [0.2, 0.25) is 0 Å². The number of thiazole rings is 1. The smallest absolute Gasteiger partial charge is 0.356 e. The van der Waals surface area contributed by atoms with E-state index in [9.17, 15) is 13.2 Å². The molecule has 0 fully saturated rings. The summed E-state index contributed by atoms with van der Waals surface area (Å²) in [6.45, 7) is 1.78. The molecular weight excluding hydrogens is 324 g/mol. The first-order valence-corrected chi connectivity index (χ1v) is 8.01. The fourth-order valence-electron chi connectivity index (χ4n) is 1.48. The SMILES string of the molecule is Cc1ccc(Cl)c(NS(=O)(=O)c2scnc2C(=O)O)c1. The molecule has 1 aromatic heterocycles. The van der Waals surface area contributed by atoms with E-state index < -0.39 is 21.7 Å². The maximum absolute atomic E-state index is 12.2. The molecule has 106 valence electrons. The van der Waals surface area contributed by atoms with Crippen molar-refractivity contribution in [1.82, 2.24) is 4.98 Å². The average molecular weight is 333 g/mol. The van der Waals surface area contributed by atoms with Crippen molar-refractivity contribution in [3.8, 4) is 0 Å². The first-order valence-electron chi connectivity index (χ1n) is 5.27. The lowest BCUT2D eigenvalue weighted by Crippen LogP contribution is -2.15. The second-order valence-corrected chi connectivity index (χ2v) is 7.02. The topological polar surface area (TPSA) is 96.4 Å². The van der Waals surface area contributed by atoms with Crippen LogP contribution >= 0.6 is 22.9 Å². The predicted molar refractivity (Wildman–Crippen MR) is 76.1 cm³/mol. The van der Waals surface area contributed by atoms with Gasteiger partial charge in [-0.15, -0.1) is 11.3 Å². The Labute approximate surface area is 124 Å². The van der Waals surface area contributed by atoms with E-state index in [2.05, 4.69) is 9.71 Å². The molecule has 9 heteroatoms. The van der Waals surface area contributed by atoms with E-state index in [4.69, 9.17) is 16.7 Å². The van der Waals surface area contributed by atoms with Gasteiger partial charge in [-0.05, 0) is 24.6 Å². The largest absolute Gasteiger partial charge is 0.476 e. The van der Waals surface area contributed by atoms with Crippen LogP contribution in [0.4, 0.5) is 5.69 Å². The van der Waals surface area contributed by atoms with Gasteiger partial charge in [-0.1, -0.05) is 17.7 Å². The van der Waals surface area contributed by atoms with Gasteiger partial charge in [0.25, 0.3) is 10.0 Å². The summed E-state index contributed by atoms with van der Waals surface area (Å²) in [7, 11) is -4.04. The highest BCUT2D eigenvalue weighted by molar-refractivity contribution is 7.94. The lowest BCUT2D eigenvalue weighted by Gasteiger charge is -2.09. The Balaban J connectivity index is 2.44. The molecule has 0 aliphatic heterocycles. The zero-order valence-corrected chi connectivity index (χ0v) is 12.5. The summed E-state index contributed by atoms with van der Waals surface area (Å²) in [5.74, 6) is -1.40. The van der Waals surface area contributed by atoms with E-state index in [1.807, 2.05) is 0 Å². The predicted octanol–water partition coefficient (Wildman–Crippen LogP) is 2.60. The Bertz CT molecular complexity index is 770. The molecule has 0 unspecified atom stereocenters. The molecule has 0 amide bonds. The fourth-order valence-corrected chi connectivity index (χ4v) is 3.91. The number of aryl methyl sites for hydroxylation is 1. The van der Waals surface area contributed by atoms with E-state index in [1.165, 1.54) is 0 Å². The zero-order chi connectivity index (χ0) is 14.9. The van der Waals surface area contributed by atoms with Gasteiger partial charge >= 0.3 is 5.97 Å². The summed E-state index contributed by atoms with van der Waals surface area (Å²) in [4.78, 5) is 14.5. The first kappa shape index (κ1) is 14.8. The lowest BCUT2D eigenvalue weighted by atomic mass is 10.2. The minimum atomic E-state index is -4.04. The average Bonchev–Trinajstić information content (AvgIpc) is 2.83. The number of nitrogens with one attached hydrogen (secondary N) is 1. The van der Waals surface area contributed by atoms with Crippen LogP contribution in [0.3, 0.4) is 0 Å². The Morgan fingerprint density at radius 3 is 2.80 bits per heavy atom. The number of nitrogens with zero attached hydrogens (tertiary/aromatic N) is 1. The van der Waals surface area contributed by atoms with Gasteiger partial charge in [-0.2, -0.15) is 0 Å². The van der Waals surface area contributed by atoms with E-state index in [-0.39, 0.29) is 14.9 Å². The molecular formula is C11H9ClN2O4S2. The lowest BCUT2D eigenvalue weighted by molar-refractivity contribution is 0.0687. The van der Waals surface area contributed by atoms with Crippen molar-refractivity contribution in [2.45, 2.75) is 11.1 Å². The Morgan fingerprint density at radius 1 is 1.45 bits per heavy atom. The zero-order valence-electron chi connectivity index (χ0n) is 10.1. The van der Waals surface area contributed by atoms with E-state index >= 15 is 0 Å². The molecule has 0 saturated heterocycles. The molecule has 0 radical (unpaired) electrons. The van der Waals surface area contributed by atoms with Crippen molar-refractivity contribution in [2.75, 3.05) is 4.72 Å². The molecule has 6 nitrogen and oxygen atoms in total. The van der Waals surface area contributed by atoms with Crippen LogP contribution in [-0.4, -0.2) is 24.5 Å². The Hall–Kier alpha value is -1.64. The minimum Gasteiger partial charge on any atom is -0.476 e. The Kier molecular flexibility index (Phi) is 3.98. The number of carboxylic acids is 1. The summed E-state index contributed by atoms with van der Waals surface area (Å²) < 4.78 is 26.3. The third-order valence-corrected chi connectivity index (χ3v) is 5.41. The van der Waals surface area contributed by atoms with E-state index in [0.29, 0.717) is 0 Å². The summed E-state index contributed by atoms with van der Waals surface area (Å²) in [6, 6.07) is 4.84. The standard InChI is InChI=1S/C11H9ClN2O4S2/c1-6-2-3-7(12)8(4-6)14-20(17,18)11-9(10(15)16)13-5-19-11/h2-5,14H,1H3,(H,15,16). The molecule has 2 rings (SSSR count). The van der Waals surface area contributed by atoms with Gasteiger partial charge in [0.05, 0.1) is 16.2 Å². The van der Waals surface area contributed by atoms with Crippen molar-refractivity contribution in [3.63, 3.8) is 0 Å². The molecule has 2 aromatic rings. The van der Waals surface area contributed by atoms with Crippen LogP contribution in [0.2, 0.25) is 5.02 Å². The van der Waals surface area contributed by atoms with E-state index in [0.717, 1.165) is 22.4 Å². The third kappa shape index (κ3) is 2.92. The maximum Gasteiger partial charge on any atom is 0.356 e. The summed E-state index contributed by atoms with van der Waals surface area (Å²) >= 11 is 6.64. The number of hydrogen-bond acceptors (Lipinski definition) is 5. The molecule has 0 aliphatic rings. The highest BCUT2D eigenvalue weighted by atomic mass is 35.5. The molecule has 1 aromatic carbocycles. The first-order chi connectivity index (χ1) is 9.31. The number of anilines is 1. The van der Waals surface area contributed by atoms with Crippen molar-refractivity contribution < 1.29 is 18.3 Å². The highest BCUT2D eigenvalue weighted by Gasteiger charge is 2.26. The van der Waals surface area contributed by atoms with E-state index in [1.54, 1.807) is 25.1 Å². The molecule has 0 spiro atoms. The molecule has 0 atom stereocenters. The number of aromatic nitrogens is 1. The van der Waals surface area contributed by atoms with Crippen LogP contribution in [-0.2, 0) is 10.0 Å². The number of aromatic carboxylic acids is 1. The van der Waals surface area contributed by atoms with Crippen LogP contribution in [0.25, 0.3) is 0 Å². The van der Waals surface area contributed by atoms with Crippen LogP contribution in [0.1, 0.15) is 16.1 Å². The molecule has 2 N–H and O–H groups in total. The van der Waals surface area contributed by atoms with Crippen LogP contribution in [0.5, 0.6) is 0 Å². The van der Waals surface area contributed by atoms with Gasteiger partial charge in [0.15, 0.2) is 9.90 Å². The minimum absolute atomic E-state index is 0.191. The summed E-state index contributed by atoms with van der Waals surface area (Å²) in [5, 5.41) is 9.13. The summed E-state index contributed by atoms with van der Waals surface area (Å²) in [5.41, 5.74) is 1.66. The van der Waals surface area contributed by atoms with Gasteiger partial charge < -0.3 is 5.11 Å². The number of hydrogen-bond donors (Lipinski definition) is 2. The Morgan fingerprint density at radius 2 is 2.15 bits per heavy atom. The maximum atomic E-state index is 12.2. The third-order valence-electron chi connectivity index (χ3n) is 2.35. The van der Waals surface area contributed by atoms with Crippen molar-refractivity contribution in [3.05, 3.63) is 40.0 Å². The molecule has 1 heterocycles. The number of carbonyl (C=O) groups is 1. The number of halogens is 1. The molecule has 0 bridgehead atoms. The molecule has 0 saturated carbocycles. The van der Waals surface area contributed by atoms with Crippen LogP contribution < -0.4 is 4.72 Å². The number of carboxylic acid groups (broad SMARTS) is 1.